The molecule has 1 fully saturated rings. The Hall–Kier alpha value is -2.15. The summed E-state index contributed by atoms with van der Waals surface area (Å²) in [6.45, 7) is 3.63. The van der Waals surface area contributed by atoms with Crippen LogP contribution in [0.5, 0.6) is 0 Å². The van der Waals surface area contributed by atoms with Crippen LogP contribution in [0.3, 0.4) is 0 Å². The topological polar surface area (TPSA) is 93.5 Å². The third-order valence-corrected chi connectivity index (χ3v) is 3.35. The quantitative estimate of drug-likeness (QED) is 0.415. The van der Waals surface area contributed by atoms with Crippen molar-refractivity contribution in [3.63, 3.8) is 0 Å². The van der Waals surface area contributed by atoms with Crippen LogP contribution in [0.15, 0.2) is 18.2 Å². The van der Waals surface area contributed by atoms with Crippen molar-refractivity contribution in [1.29, 1.82) is 0 Å². The van der Waals surface area contributed by atoms with E-state index in [1.54, 1.807) is 12.1 Å². The minimum atomic E-state index is -0.462. The zero-order chi connectivity index (χ0) is 15.9. The lowest BCUT2D eigenvalue weighted by atomic mass is 10.1. The highest BCUT2D eigenvalue weighted by molar-refractivity contribution is 5.95. The van der Waals surface area contributed by atoms with Gasteiger partial charge in [-0.25, -0.2) is 0 Å². The monoisotopic (exact) mass is 307 g/mol. The van der Waals surface area contributed by atoms with Gasteiger partial charge < -0.3 is 15.4 Å². The van der Waals surface area contributed by atoms with Crippen LogP contribution in [-0.2, 0) is 4.74 Å². The molecule has 0 saturated heterocycles. The van der Waals surface area contributed by atoms with Gasteiger partial charge in [0.15, 0.2) is 0 Å². The number of carbonyl (C=O) groups is 1. The van der Waals surface area contributed by atoms with Gasteiger partial charge in [0, 0.05) is 37.4 Å². The number of benzene rings is 1. The number of ether oxygens (including phenoxy) is 1. The fourth-order valence-electron chi connectivity index (χ4n) is 2.02. The summed E-state index contributed by atoms with van der Waals surface area (Å²) >= 11 is 0. The molecular weight excluding hydrogens is 286 g/mol. The molecule has 0 aliphatic heterocycles. The smallest absolute Gasteiger partial charge is 0.293 e. The van der Waals surface area contributed by atoms with Crippen molar-refractivity contribution < 1.29 is 14.5 Å². The first-order valence-corrected chi connectivity index (χ1v) is 7.52. The van der Waals surface area contributed by atoms with Crippen molar-refractivity contribution in [2.24, 2.45) is 0 Å². The highest BCUT2D eigenvalue weighted by Crippen LogP contribution is 2.31. The molecule has 0 spiro atoms. The van der Waals surface area contributed by atoms with Crippen LogP contribution in [0, 0.1) is 10.1 Å². The molecular formula is C15H21N3O4. The maximum atomic E-state index is 12.0. The molecule has 0 bridgehead atoms. The summed E-state index contributed by atoms with van der Waals surface area (Å²) in [6.07, 6.45) is 2.77. The molecule has 7 nitrogen and oxygen atoms in total. The zero-order valence-corrected chi connectivity index (χ0v) is 12.6. The zero-order valence-electron chi connectivity index (χ0n) is 12.6. The lowest BCUT2D eigenvalue weighted by Crippen LogP contribution is -2.25. The summed E-state index contributed by atoms with van der Waals surface area (Å²) in [4.78, 5) is 22.7. The van der Waals surface area contributed by atoms with Crippen LogP contribution in [0.1, 0.15) is 36.5 Å². The third-order valence-electron chi connectivity index (χ3n) is 3.35. The van der Waals surface area contributed by atoms with Crippen molar-refractivity contribution in [1.82, 2.24) is 5.32 Å². The van der Waals surface area contributed by atoms with E-state index < -0.39 is 4.92 Å². The van der Waals surface area contributed by atoms with Crippen LogP contribution in [0.4, 0.5) is 11.4 Å². The molecule has 0 heterocycles. The fraction of sp³-hybridized carbons (Fsp3) is 0.533. The number of anilines is 1. The Labute approximate surface area is 129 Å². The van der Waals surface area contributed by atoms with Gasteiger partial charge in [0.1, 0.15) is 5.69 Å². The first-order valence-electron chi connectivity index (χ1n) is 7.52. The molecule has 0 unspecified atom stereocenters. The Morgan fingerprint density at radius 3 is 2.86 bits per heavy atom. The van der Waals surface area contributed by atoms with Gasteiger partial charge in [-0.1, -0.05) is 0 Å². The first-order chi connectivity index (χ1) is 10.6. The van der Waals surface area contributed by atoms with E-state index in [1.807, 2.05) is 6.92 Å². The number of nitro groups is 1. The summed E-state index contributed by atoms with van der Waals surface area (Å²) in [5, 5.41) is 17.0. The molecule has 7 heteroatoms. The van der Waals surface area contributed by atoms with Crippen LogP contribution in [0.2, 0.25) is 0 Å². The van der Waals surface area contributed by atoms with Gasteiger partial charge in [-0.15, -0.1) is 0 Å². The lowest BCUT2D eigenvalue weighted by molar-refractivity contribution is -0.384. The maximum absolute atomic E-state index is 12.0. The molecule has 2 rings (SSSR count). The molecule has 120 valence electrons. The molecule has 0 radical (unpaired) electrons. The molecule has 1 aromatic rings. The molecule has 0 aromatic heterocycles. The second kappa shape index (κ2) is 7.74. The summed E-state index contributed by atoms with van der Waals surface area (Å²) in [6, 6.07) is 4.85. The molecule has 0 atom stereocenters. The normalized spacial score (nSPS) is 13.7. The van der Waals surface area contributed by atoms with E-state index in [-0.39, 0.29) is 11.6 Å². The minimum absolute atomic E-state index is 0.0612. The number of amides is 1. The van der Waals surface area contributed by atoms with Gasteiger partial charge in [0.25, 0.3) is 11.6 Å². The Balaban J connectivity index is 1.96. The molecule has 1 amide bonds. The van der Waals surface area contributed by atoms with Crippen molar-refractivity contribution in [2.75, 3.05) is 25.1 Å². The van der Waals surface area contributed by atoms with E-state index >= 15 is 0 Å². The Kier molecular flexibility index (Phi) is 5.71. The largest absolute Gasteiger partial charge is 0.382 e. The van der Waals surface area contributed by atoms with E-state index in [0.29, 0.717) is 43.5 Å². The van der Waals surface area contributed by atoms with Gasteiger partial charge >= 0.3 is 0 Å². The van der Waals surface area contributed by atoms with Gasteiger partial charge in [-0.2, -0.15) is 0 Å². The molecule has 22 heavy (non-hydrogen) atoms. The van der Waals surface area contributed by atoms with Gasteiger partial charge in [-0.05, 0) is 38.3 Å². The second-order valence-electron chi connectivity index (χ2n) is 5.21. The predicted octanol–water partition coefficient (Wildman–Crippen LogP) is 2.33. The lowest BCUT2D eigenvalue weighted by Gasteiger charge is -2.08. The first kappa shape index (κ1) is 16.2. The third kappa shape index (κ3) is 4.70. The number of carbonyl (C=O) groups excluding carboxylic acids is 1. The highest BCUT2D eigenvalue weighted by atomic mass is 16.6. The van der Waals surface area contributed by atoms with E-state index in [4.69, 9.17) is 4.74 Å². The van der Waals surface area contributed by atoms with Crippen molar-refractivity contribution in [3.8, 4) is 0 Å². The number of nitro benzene ring substituents is 1. The predicted molar refractivity (Wildman–Crippen MR) is 83.2 cm³/mol. The van der Waals surface area contributed by atoms with Crippen LogP contribution in [0.25, 0.3) is 0 Å². The maximum Gasteiger partial charge on any atom is 0.293 e. The van der Waals surface area contributed by atoms with Gasteiger partial charge in [-0.3, -0.25) is 14.9 Å². The van der Waals surface area contributed by atoms with E-state index in [9.17, 15) is 14.9 Å². The van der Waals surface area contributed by atoms with E-state index in [2.05, 4.69) is 10.6 Å². The summed E-state index contributed by atoms with van der Waals surface area (Å²) in [5.41, 5.74) is 0.707. The number of hydrogen-bond donors (Lipinski definition) is 2. The van der Waals surface area contributed by atoms with Crippen molar-refractivity contribution in [2.45, 2.75) is 32.2 Å². The molecule has 1 aliphatic carbocycles. The Bertz CT molecular complexity index is 544. The van der Waals surface area contributed by atoms with Crippen LogP contribution in [-0.4, -0.2) is 36.6 Å². The SMILES string of the molecule is CCOCCCNC(=O)c1ccc(NC2CC2)c([N+](=O)[O-])c1. The van der Waals surface area contributed by atoms with Gasteiger partial charge in [0.2, 0.25) is 0 Å². The number of nitrogens with zero attached hydrogens (tertiary/aromatic N) is 1. The molecule has 2 N–H and O–H groups in total. The fourth-order valence-corrected chi connectivity index (χ4v) is 2.02. The van der Waals surface area contributed by atoms with Crippen molar-refractivity contribution in [3.05, 3.63) is 33.9 Å². The van der Waals surface area contributed by atoms with Crippen molar-refractivity contribution >= 4 is 17.3 Å². The second-order valence-corrected chi connectivity index (χ2v) is 5.21. The number of rotatable bonds is 9. The summed E-state index contributed by atoms with van der Waals surface area (Å²) in [5.74, 6) is -0.308. The molecule has 1 saturated carbocycles. The Morgan fingerprint density at radius 2 is 2.23 bits per heavy atom. The van der Waals surface area contributed by atoms with Gasteiger partial charge in [0.05, 0.1) is 4.92 Å². The molecule has 1 aromatic carbocycles. The number of hydrogen-bond acceptors (Lipinski definition) is 5. The average Bonchev–Trinajstić information content (AvgIpc) is 3.31. The minimum Gasteiger partial charge on any atom is -0.382 e. The standard InChI is InChI=1S/C15H21N3O4/c1-2-22-9-3-8-16-15(19)11-4-7-13(17-12-5-6-12)14(10-11)18(20)21/h4,7,10,12,17H,2-3,5-6,8-9H2,1H3,(H,16,19). The van der Waals surface area contributed by atoms with Crippen LogP contribution >= 0.6 is 0 Å². The Morgan fingerprint density at radius 1 is 1.45 bits per heavy atom. The van der Waals surface area contributed by atoms with E-state index in [0.717, 1.165) is 12.8 Å². The summed E-state index contributed by atoms with van der Waals surface area (Å²) < 4.78 is 5.18. The number of nitrogens with one attached hydrogen (secondary N) is 2. The molecule has 1 aliphatic rings. The van der Waals surface area contributed by atoms with Crippen LogP contribution < -0.4 is 10.6 Å². The summed E-state index contributed by atoms with van der Waals surface area (Å²) in [7, 11) is 0. The van der Waals surface area contributed by atoms with E-state index in [1.165, 1.54) is 6.07 Å². The highest BCUT2D eigenvalue weighted by Gasteiger charge is 2.25. The average molecular weight is 307 g/mol.